The van der Waals surface area contributed by atoms with E-state index in [0.29, 0.717) is 22.5 Å². The fourth-order valence-corrected chi connectivity index (χ4v) is 3.78. The van der Waals surface area contributed by atoms with E-state index < -0.39 is 0 Å². The van der Waals surface area contributed by atoms with Gasteiger partial charge >= 0.3 is 0 Å². The lowest BCUT2D eigenvalue weighted by Gasteiger charge is -2.25. The monoisotopic (exact) mass is 405 g/mol. The molecule has 2 aromatic heterocycles. The second-order valence-corrected chi connectivity index (χ2v) is 7.29. The Labute approximate surface area is 172 Å². The molecule has 1 fully saturated rings. The lowest BCUT2D eigenvalue weighted by molar-refractivity contribution is 0.163. The minimum atomic E-state index is -0.344. The predicted octanol–water partition coefficient (Wildman–Crippen LogP) is 3.80. The fraction of sp³-hybridized carbons (Fsp3) is 0.227. The second kappa shape index (κ2) is 7.72. The van der Waals surface area contributed by atoms with Crippen LogP contribution in [0.4, 0.5) is 10.3 Å². The smallest absolute Gasteiger partial charge is 0.221 e. The maximum absolute atomic E-state index is 13.9. The highest BCUT2D eigenvalue weighted by Crippen LogP contribution is 2.38. The Morgan fingerprint density at radius 3 is 2.73 bits per heavy atom. The van der Waals surface area contributed by atoms with E-state index in [9.17, 15) is 4.39 Å². The summed E-state index contributed by atoms with van der Waals surface area (Å²) in [7, 11) is 0. The van der Waals surface area contributed by atoms with E-state index in [1.165, 1.54) is 12.1 Å². The Kier molecular flexibility index (Phi) is 4.76. The number of halogens is 1. The van der Waals surface area contributed by atoms with Gasteiger partial charge in [0.1, 0.15) is 23.9 Å². The fourth-order valence-electron chi connectivity index (χ4n) is 3.78. The van der Waals surface area contributed by atoms with E-state index in [4.69, 9.17) is 15.0 Å². The quantitative estimate of drug-likeness (QED) is 0.533. The average Bonchev–Trinajstić information content (AvgIpc) is 3.28. The minimum absolute atomic E-state index is 0.101. The Hall–Kier alpha value is -3.52. The van der Waals surface area contributed by atoms with E-state index >= 15 is 0 Å². The molecule has 3 heterocycles. The van der Waals surface area contributed by atoms with Crippen molar-refractivity contribution in [3.8, 4) is 28.1 Å². The van der Waals surface area contributed by atoms with Gasteiger partial charge in [-0.05, 0) is 44.1 Å². The molecule has 0 spiro atoms. The first-order chi connectivity index (χ1) is 14.7. The molecule has 30 heavy (non-hydrogen) atoms. The molecule has 1 aliphatic heterocycles. The van der Waals surface area contributed by atoms with Crippen LogP contribution in [-0.2, 0) is 0 Å². The summed E-state index contributed by atoms with van der Waals surface area (Å²) in [4.78, 5) is 8.79. The number of anilines is 1. The van der Waals surface area contributed by atoms with Gasteiger partial charge in [0.2, 0.25) is 5.95 Å². The van der Waals surface area contributed by atoms with Crippen LogP contribution >= 0.6 is 0 Å². The second-order valence-electron chi connectivity index (χ2n) is 7.29. The van der Waals surface area contributed by atoms with Gasteiger partial charge in [-0.3, -0.25) is 0 Å². The zero-order valence-electron chi connectivity index (χ0n) is 16.1. The van der Waals surface area contributed by atoms with Crippen LogP contribution in [-0.4, -0.2) is 34.3 Å². The highest BCUT2D eigenvalue weighted by Gasteiger charge is 2.20. The molecule has 5 rings (SSSR count). The van der Waals surface area contributed by atoms with Gasteiger partial charge in [0, 0.05) is 28.1 Å². The minimum Gasteiger partial charge on any atom is -0.490 e. The molecule has 0 bridgehead atoms. The van der Waals surface area contributed by atoms with Crippen LogP contribution in [0.3, 0.4) is 0 Å². The van der Waals surface area contributed by atoms with Gasteiger partial charge in [-0.15, -0.1) is 0 Å². The molecular weight excluding hydrogens is 385 g/mol. The highest BCUT2D eigenvalue weighted by molar-refractivity contribution is 5.97. The molecular formula is C22H20FN5O2. The molecule has 0 unspecified atom stereocenters. The number of nitrogens with zero attached hydrogens (tertiary/aromatic N) is 3. The number of nitrogen functional groups attached to an aromatic ring is 1. The Bertz CT molecular complexity index is 1190. The number of fused-ring (bicyclic) bond motifs is 1. The van der Waals surface area contributed by atoms with Gasteiger partial charge in [0.05, 0.1) is 17.4 Å². The molecule has 0 amide bonds. The number of nitrogens with one attached hydrogen (secondary N) is 1. The van der Waals surface area contributed by atoms with Crippen LogP contribution in [0.15, 0.2) is 53.4 Å². The highest BCUT2D eigenvalue weighted by atomic mass is 19.1. The number of rotatable bonds is 4. The van der Waals surface area contributed by atoms with Crippen molar-refractivity contribution in [2.45, 2.75) is 18.9 Å². The normalized spacial score (nSPS) is 14.8. The van der Waals surface area contributed by atoms with Crippen LogP contribution < -0.4 is 15.8 Å². The maximum Gasteiger partial charge on any atom is 0.221 e. The molecule has 8 heteroatoms. The SMILES string of the molecule is Nc1nc(-c2cccc(F)c2)c2cc(-c3cnoc3)c(OC3CCNCC3)cc2n1. The van der Waals surface area contributed by atoms with Crippen LogP contribution in [0.2, 0.25) is 0 Å². The van der Waals surface area contributed by atoms with Crippen molar-refractivity contribution in [2.24, 2.45) is 0 Å². The largest absolute Gasteiger partial charge is 0.490 e. The summed E-state index contributed by atoms with van der Waals surface area (Å²) in [6.07, 6.45) is 5.14. The van der Waals surface area contributed by atoms with Gasteiger partial charge in [0.25, 0.3) is 0 Å². The number of benzene rings is 2. The van der Waals surface area contributed by atoms with E-state index in [1.54, 1.807) is 24.6 Å². The third-order valence-electron chi connectivity index (χ3n) is 5.24. The number of hydrogen-bond acceptors (Lipinski definition) is 7. The summed E-state index contributed by atoms with van der Waals surface area (Å²) in [5.74, 6) is 0.455. The Balaban J connectivity index is 1.70. The predicted molar refractivity (Wildman–Crippen MR) is 111 cm³/mol. The molecule has 1 saturated heterocycles. The van der Waals surface area contributed by atoms with Crippen molar-refractivity contribution >= 4 is 16.9 Å². The molecule has 2 aromatic carbocycles. The van der Waals surface area contributed by atoms with Crippen LogP contribution in [0, 0.1) is 5.82 Å². The van der Waals surface area contributed by atoms with Crippen molar-refractivity contribution in [1.29, 1.82) is 0 Å². The van der Waals surface area contributed by atoms with E-state index in [0.717, 1.165) is 42.4 Å². The van der Waals surface area contributed by atoms with Crippen LogP contribution in [0.25, 0.3) is 33.3 Å². The number of ether oxygens (including phenoxy) is 1. The lowest BCUT2D eigenvalue weighted by atomic mass is 10.0. The zero-order chi connectivity index (χ0) is 20.5. The first kappa shape index (κ1) is 18.5. The molecule has 0 aliphatic carbocycles. The summed E-state index contributed by atoms with van der Waals surface area (Å²) in [5, 5.41) is 7.91. The molecule has 0 atom stereocenters. The van der Waals surface area contributed by atoms with Crippen molar-refractivity contribution in [1.82, 2.24) is 20.4 Å². The van der Waals surface area contributed by atoms with Crippen LogP contribution in [0.1, 0.15) is 12.8 Å². The zero-order valence-corrected chi connectivity index (χ0v) is 16.1. The molecule has 0 saturated carbocycles. The Morgan fingerprint density at radius 1 is 1.10 bits per heavy atom. The molecule has 3 N–H and O–H groups in total. The van der Waals surface area contributed by atoms with E-state index in [-0.39, 0.29) is 17.9 Å². The van der Waals surface area contributed by atoms with Crippen molar-refractivity contribution in [2.75, 3.05) is 18.8 Å². The summed E-state index contributed by atoms with van der Waals surface area (Å²) in [5.41, 5.74) is 9.38. The van der Waals surface area contributed by atoms with Gasteiger partial charge in [0.15, 0.2) is 0 Å². The Morgan fingerprint density at radius 2 is 1.97 bits per heavy atom. The average molecular weight is 405 g/mol. The van der Waals surface area contributed by atoms with Crippen molar-refractivity contribution < 1.29 is 13.7 Å². The number of nitrogens with two attached hydrogens (primary N) is 1. The van der Waals surface area contributed by atoms with E-state index in [1.807, 2.05) is 12.1 Å². The first-order valence-electron chi connectivity index (χ1n) is 9.82. The molecule has 7 nitrogen and oxygen atoms in total. The van der Waals surface area contributed by atoms with Gasteiger partial charge in [-0.1, -0.05) is 17.3 Å². The molecule has 4 aromatic rings. The summed E-state index contributed by atoms with van der Waals surface area (Å²) in [6.45, 7) is 1.83. The third kappa shape index (κ3) is 3.57. The topological polar surface area (TPSA) is 99.1 Å². The van der Waals surface area contributed by atoms with Crippen molar-refractivity contribution in [3.63, 3.8) is 0 Å². The molecule has 0 radical (unpaired) electrons. The molecule has 1 aliphatic rings. The van der Waals surface area contributed by atoms with Crippen molar-refractivity contribution in [3.05, 3.63) is 54.7 Å². The lowest BCUT2D eigenvalue weighted by Crippen LogP contribution is -2.34. The van der Waals surface area contributed by atoms with Crippen LogP contribution in [0.5, 0.6) is 5.75 Å². The standard InChI is InChI=1S/C22H20FN5O2/c23-15-3-1-2-13(8-15)21-18-9-17(14-11-26-29-12-14)20(10-19(18)27-22(24)28-21)30-16-4-6-25-7-5-16/h1-3,8-12,16,25H,4-7H2,(H2,24,27,28). The third-order valence-corrected chi connectivity index (χ3v) is 5.24. The first-order valence-corrected chi connectivity index (χ1v) is 9.82. The summed E-state index contributed by atoms with van der Waals surface area (Å²) < 4.78 is 25.3. The van der Waals surface area contributed by atoms with Gasteiger partial charge in [-0.2, -0.15) is 0 Å². The summed E-state index contributed by atoms with van der Waals surface area (Å²) in [6, 6.07) is 10.1. The van der Waals surface area contributed by atoms with Gasteiger partial charge in [-0.25, -0.2) is 14.4 Å². The summed E-state index contributed by atoms with van der Waals surface area (Å²) >= 11 is 0. The number of piperidine rings is 1. The number of hydrogen-bond donors (Lipinski definition) is 2. The number of aromatic nitrogens is 3. The maximum atomic E-state index is 13.9. The van der Waals surface area contributed by atoms with E-state index in [2.05, 4.69) is 20.4 Å². The molecule has 152 valence electrons. The van der Waals surface area contributed by atoms with Gasteiger partial charge < -0.3 is 20.3 Å².